The molecule has 0 radical (unpaired) electrons. The van der Waals surface area contributed by atoms with Crippen LogP contribution in [0.1, 0.15) is 37.9 Å². The highest BCUT2D eigenvalue weighted by atomic mass is 35.5. The summed E-state index contributed by atoms with van der Waals surface area (Å²) in [5, 5.41) is 3.87. The molecule has 2 heterocycles. The van der Waals surface area contributed by atoms with Gasteiger partial charge in [-0.15, -0.1) is 0 Å². The van der Waals surface area contributed by atoms with Gasteiger partial charge in [-0.25, -0.2) is 23.7 Å². The minimum atomic E-state index is -0.930. The number of nitrogens with one attached hydrogen (secondary N) is 1. The first-order valence-electron chi connectivity index (χ1n) is 11.1. The van der Waals surface area contributed by atoms with Crippen LogP contribution in [0.4, 0.5) is 14.6 Å². The zero-order chi connectivity index (χ0) is 24.7. The lowest BCUT2D eigenvalue weighted by Crippen LogP contribution is -2.44. The molecule has 1 aliphatic heterocycles. The van der Waals surface area contributed by atoms with E-state index in [0.717, 1.165) is 49.6 Å². The number of piperidine rings is 1. The lowest BCUT2D eigenvalue weighted by atomic mass is 10.0. The first kappa shape index (κ1) is 25.5. The Bertz CT molecular complexity index is 1130. The topological polar surface area (TPSA) is 65.8 Å². The van der Waals surface area contributed by atoms with Crippen molar-refractivity contribution in [1.29, 1.82) is 0 Å². The highest BCUT2D eigenvalue weighted by Crippen LogP contribution is 2.23. The monoisotopic (exact) mass is 486 g/mol. The Morgan fingerprint density at radius 1 is 1.18 bits per heavy atom. The summed E-state index contributed by atoms with van der Waals surface area (Å²) in [6, 6.07) is 5.92. The van der Waals surface area contributed by atoms with E-state index in [0.29, 0.717) is 27.8 Å². The molecule has 1 aliphatic rings. The normalized spacial score (nSPS) is 16.7. The van der Waals surface area contributed by atoms with Crippen LogP contribution >= 0.6 is 11.6 Å². The van der Waals surface area contributed by atoms with Gasteiger partial charge in [0, 0.05) is 54.3 Å². The van der Waals surface area contributed by atoms with Crippen molar-refractivity contribution in [3.8, 4) is 0 Å². The summed E-state index contributed by atoms with van der Waals surface area (Å²) in [7, 11) is 1.66. The third-order valence-corrected chi connectivity index (χ3v) is 5.93. The molecule has 1 aromatic heterocycles. The van der Waals surface area contributed by atoms with Crippen LogP contribution in [0.3, 0.4) is 0 Å². The van der Waals surface area contributed by atoms with Crippen LogP contribution in [0.5, 0.6) is 0 Å². The van der Waals surface area contributed by atoms with Crippen molar-refractivity contribution >= 4 is 34.7 Å². The van der Waals surface area contributed by atoms with Crippen molar-refractivity contribution in [2.75, 3.05) is 25.0 Å². The van der Waals surface area contributed by atoms with Crippen molar-refractivity contribution in [2.24, 2.45) is 9.98 Å². The standard InChI is InChI=1S/C25H29ClF2N6/c1-5-19(26)14-21(18-6-7-22(27)23(28)13-18)17(3)32-25(29-4)33-20-8-10-34(11-9-20)24-12-16(2)30-15-31-24/h5-7,12-15,20H,8-11H2,1-4H3,(H,29,33)/b19-5+,21-14+,32-17+. The largest absolute Gasteiger partial charge is 0.356 e. The molecule has 0 spiro atoms. The molecule has 1 N–H and O–H groups in total. The Morgan fingerprint density at radius 2 is 1.91 bits per heavy atom. The van der Waals surface area contributed by atoms with E-state index in [1.165, 1.54) is 6.07 Å². The number of hydrogen-bond acceptors (Lipinski definition) is 4. The van der Waals surface area contributed by atoms with Gasteiger partial charge in [0.25, 0.3) is 0 Å². The number of aryl methyl sites for hydroxylation is 1. The van der Waals surface area contributed by atoms with E-state index in [-0.39, 0.29) is 6.04 Å². The molecule has 1 aromatic carbocycles. The Balaban J connectivity index is 1.74. The first-order chi connectivity index (χ1) is 16.3. The van der Waals surface area contributed by atoms with Crippen molar-refractivity contribution in [3.05, 3.63) is 70.7 Å². The molecule has 180 valence electrons. The van der Waals surface area contributed by atoms with Gasteiger partial charge in [0.15, 0.2) is 11.6 Å². The molecule has 9 heteroatoms. The smallest absolute Gasteiger partial charge is 0.218 e. The van der Waals surface area contributed by atoms with Crippen LogP contribution in [0.25, 0.3) is 5.57 Å². The third kappa shape index (κ3) is 6.70. The number of aromatic nitrogens is 2. The second-order valence-corrected chi connectivity index (χ2v) is 8.46. The summed E-state index contributed by atoms with van der Waals surface area (Å²) in [5.41, 5.74) is 2.58. The minimum absolute atomic E-state index is 0.198. The molecule has 1 fully saturated rings. The summed E-state index contributed by atoms with van der Waals surface area (Å²) in [6.45, 7) is 7.25. The second-order valence-electron chi connectivity index (χ2n) is 8.03. The maximum absolute atomic E-state index is 13.9. The van der Waals surface area contributed by atoms with E-state index in [4.69, 9.17) is 11.6 Å². The minimum Gasteiger partial charge on any atom is -0.356 e. The maximum atomic E-state index is 13.9. The predicted molar refractivity (Wildman–Crippen MR) is 136 cm³/mol. The quantitative estimate of drug-likeness (QED) is 0.354. The van der Waals surface area contributed by atoms with Gasteiger partial charge in [-0.05, 0) is 57.4 Å². The fourth-order valence-corrected chi connectivity index (χ4v) is 3.81. The van der Waals surface area contributed by atoms with Crippen LogP contribution in [0.2, 0.25) is 0 Å². The number of rotatable bonds is 5. The zero-order valence-electron chi connectivity index (χ0n) is 19.8. The third-order valence-electron chi connectivity index (χ3n) is 5.61. The number of hydrogen-bond donors (Lipinski definition) is 1. The number of halogens is 3. The van der Waals surface area contributed by atoms with E-state index in [2.05, 4.69) is 30.2 Å². The van der Waals surface area contributed by atoms with E-state index in [1.54, 1.807) is 39.4 Å². The SMILES string of the molecule is C\C=C(Cl)/C=C(\C(C)=N\C(=NC)NC1CCN(c2cc(C)ncn2)CC1)c1ccc(F)c(F)c1. The molecule has 0 aliphatic carbocycles. The molecular weight excluding hydrogens is 458 g/mol. The number of allylic oxidation sites excluding steroid dienone is 4. The summed E-state index contributed by atoms with van der Waals surface area (Å²) in [5.74, 6) is -0.429. The lowest BCUT2D eigenvalue weighted by molar-refractivity contribution is 0.463. The number of aliphatic imine (C=N–C) groups is 2. The van der Waals surface area contributed by atoms with Gasteiger partial charge in [-0.1, -0.05) is 23.7 Å². The first-order valence-corrected chi connectivity index (χ1v) is 11.5. The van der Waals surface area contributed by atoms with Crippen molar-refractivity contribution < 1.29 is 8.78 Å². The summed E-state index contributed by atoms with van der Waals surface area (Å²) in [4.78, 5) is 19.7. The Hall–Kier alpha value is -3.13. The number of benzene rings is 1. The average Bonchev–Trinajstić information content (AvgIpc) is 2.84. The molecule has 1 saturated heterocycles. The van der Waals surface area contributed by atoms with E-state index >= 15 is 0 Å². The fraction of sp³-hybridized carbons (Fsp3) is 0.360. The van der Waals surface area contributed by atoms with Gasteiger partial charge in [-0.3, -0.25) is 4.99 Å². The molecular formula is C25H29ClF2N6. The average molecular weight is 487 g/mol. The van der Waals surface area contributed by atoms with E-state index < -0.39 is 11.6 Å². The highest BCUT2D eigenvalue weighted by Gasteiger charge is 2.21. The Kier molecular flexibility index (Phi) is 8.87. The summed E-state index contributed by atoms with van der Waals surface area (Å²) in [6.07, 6.45) is 6.78. The van der Waals surface area contributed by atoms with Gasteiger partial charge >= 0.3 is 0 Å². The number of guanidine groups is 1. The fourth-order valence-electron chi connectivity index (χ4n) is 3.70. The number of anilines is 1. The van der Waals surface area contributed by atoms with Crippen LogP contribution < -0.4 is 10.2 Å². The molecule has 0 unspecified atom stereocenters. The molecule has 0 atom stereocenters. The maximum Gasteiger partial charge on any atom is 0.218 e. The summed E-state index contributed by atoms with van der Waals surface area (Å²) >= 11 is 6.23. The van der Waals surface area contributed by atoms with Gasteiger partial charge < -0.3 is 10.2 Å². The van der Waals surface area contributed by atoms with Gasteiger partial charge in [-0.2, -0.15) is 0 Å². The molecule has 2 aromatic rings. The van der Waals surface area contributed by atoms with Crippen LogP contribution in [-0.4, -0.2) is 47.8 Å². The lowest BCUT2D eigenvalue weighted by Gasteiger charge is -2.33. The molecule has 34 heavy (non-hydrogen) atoms. The van der Waals surface area contributed by atoms with E-state index in [1.807, 2.05) is 13.0 Å². The Morgan fingerprint density at radius 3 is 2.53 bits per heavy atom. The molecule has 6 nitrogen and oxygen atoms in total. The van der Waals surface area contributed by atoms with Gasteiger partial charge in [0.1, 0.15) is 12.1 Å². The zero-order valence-corrected chi connectivity index (χ0v) is 20.6. The van der Waals surface area contributed by atoms with Crippen LogP contribution in [0, 0.1) is 18.6 Å². The predicted octanol–water partition coefficient (Wildman–Crippen LogP) is 5.29. The molecule has 0 amide bonds. The summed E-state index contributed by atoms with van der Waals surface area (Å²) < 4.78 is 27.4. The van der Waals surface area contributed by atoms with Gasteiger partial charge in [0.05, 0.1) is 0 Å². The highest BCUT2D eigenvalue weighted by molar-refractivity contribution is 6.34. The second kappa shape index (κ2) is 11.8. The molecule has 0 saturated carbocycles. The van der Waals surface area contributed by atoms with Crippen LogP contribution in [-0.2, 0) is 0 Å². The molecule has 0 bridgehead atoms. The van der Waals surface area contributed by atoms with Crippen LogP contribution in [0.15, 0.2) is 57.8 Å². The Labute approximate surface area is 204 Å². The van der Waals surface area contributed by atoms with Crippen molar-refractivity contribution in [3.63, 3.8) is 0 Å². The van der Waals surface area contributed by atoms with Crippen molar-refractivity contribution in [1.82, 2.24) is 15.3 Å². The molecule has 3 rings (SSSR count). The van der Waals surface area contributed by atoms with Crippen molar-refractivity contribution in [2.45, 2.75) is 39.7 Å². The van der Waals surface area contributed by atoms with E-state index in [9.17, 15) is 8.78 Å². The number of nitrogens with zero attached hydrogens (tertiary/aromatic N) is 5. The van der Waals surface area contributed by atoms with Gasteiger partial charge in [0.2, 0.25) is 5.96 Å².